The van der Waals surface area contributed by atoms with Gasteiger partial charge in [0.05, 0.1) is 7.11 Å². The summed E-state index contributed by atoms with van der Waals surface area (Å²) in [6.45, 7) is 2.07. The molecule has 2 atom stereocenters. The van der Waals surface area contributed by atoms with Gasteiger partial charge in [-0.25, -0.2) is 0 Å². The molecule has 1 aliphatic carbocycles. The van der Waals surface area contributed by atoms with Crippen LogP contribution in [0.1, 0.15) is 19.8 Å². The number of aliphatic carboxylic acids is 1. The van der Waals surface area contributed by atoms with Crippen LogP contribution in [0.25, 0.3) is 0 Å². The highest BCUT2D eigenvalue weighted by atomic mass is 16.5. The van der Waals surface area contributed by atoms with Crippen LogP contribution in [0.5, 0.6) is 0 Å². The fourth-order valence-electron chi connectivity index (χ4n) is 1.51. The van der Waals surface area contributed by atoms with Gasteiger partial charge in [-0.05, 0) is 24.8 Å². The Kier molecular flexibility index (Phi) is 2.74. The van der Waals surface area contributed by atoms with Crippen LogP contribution in [-0.2, 0) is 9.53 Å². The number of carboxylic acid groups (broad SMARTS) is 1. The Hall–Kier alpha value is -0.990. The third-order valence-electron chi connectivity index (χ3n) is 2.24. The van der Waals surface area contributed by atoms with Gasteiger partial charge in [-0.2, -0.15) is 0 Å². The van der Waals surface area contributed by atoms with Crippen molar-refractivity contribution in [1.29, 1.82) is 0 Å². The van der Waals surface area contributed by atoms with Gasteiger partial charge in [-0.15, -0.1) is 0 Å². The van der Waals surface area contributed by atoms with Crippen molar-refractivity contribution in [2.75, 3.05) is 7.11 Å². The summed E-state index contributed by atoms with van der Waals surface area (Å²) < 4.78 is 5.02. The lowest BCUT2D eigenvalue weighted by Crippen LogP contribution is -2.22. The Morgan fingerprint density at radius 1 is 1.67 bits per heavy atom. The lowest BCUT2D eigenvalue weighted by Gasteiger charge is -2.22. The number of allylic oxidation sites excluding steroid dienone is 1. The van der Waals surface area contributed by atoms with E-state index in [2.05, 4.69) is 6.92 Å². The van der Waals surface area contributed by atoms with Crippen LogP contribution in [0.15, 0.2) is 11.8 Å². The molecule has 68 valence electrons. The van der Waals surface area contributed by atoms with Crippen LogP contribution in [0.3, 0.4) is 0 Å². The van der Waals surface area contributed by atoms with Gasteiger partial charge in [-0.1, -0.05) is 6.92 Å². The number of methoxy groups -OCH3 is 1. The van der Waals surface area contributed by atoms with E-state index in [-0.39, 0.29) is 0 Å². The lowest BCUT2D eigenvalue weighted by molar-refractivity contribution is -0.142. The topological polar surface area (TPSA) is 46.5 Å². The van der Waals surface area contributed by atoms with Gasteiger partial charge in [0, 0.05) is 0 Å². The summed E-state index contributed by atoms with van der Waals surface area (Å²) in [7, 11) is 1.53. The van der Waals surface area contributed by atoms with Crippen LogP contribution >= 0.6 is 0 Å². The summed E-state index contributed by atoms with van der Waals surface area (Å²) >= 11 is 0. The first-order chi connectivity index (χ1) is 5.65. The average molecular weight is 170 g/mol. The minimum absolute atomic E-state index is 0.425. The molecule has 0 spiro atoms. The van der Waals surface area contributed by atoms with Gasteiger partial charge in [0.2, 0.25) is 0 Å². The predicted molar refractivity (Wildman–Crippen MR) is 44.6 cm³/mol. The van der Waals surface area contributed by atoms with E-state index in [1.54, 1.807) is 0 Å². The van der Waals surface area contributed by atoms with Gasteiger partial charge < -0.3 is 9.84 Å². The maximum Gasteiger partial charge on any atom is 0.314 e. The van der Waals surface area contributed by atoms with Gasteiger partial charge in [0.1, 0.15) is 11.7 Å². The van der Waals surface area contributed by atoms with E-state index < -0.39 is 11.9 Å². The second-order valence-electron chi connectivity index (χ2n) is 3.22. The molecule has 0 radical (unpaired) electrons. The highest BCUT2D eigenvalue weighted by molar-refractivity contribution is 5.73. The van der Waals surface area contributed by atoms with Crippen molar-refractivity contribution in [3.63, 3.8) is 0 Å². The Balaban J connectivity index is 2.77. The van der Waals surface area contributed by atoms with E-state index >= 15 is 0 Å². The zero-order valence-corrected chi connectivity index (χ0v) is 7.41. The first-order valence-electron chi connectivity index (χ1n) is 4.13. The minimum Gasteiger partial charge on any atom is -0.501 e. The van der Waals surface area contributed by atoms with Crippen molar-refractivity contribution in [2.45, 2.75) is 19.8 Å². The summed E-state index contributed by atoms with van der Waals surface area (Å²) in [5, 5.41) is 8.81. The number of carbonyl (C=O) groups is 1. The van der Waals surface area contributed by atoms with Crippen molar-refractivity contribution >= 4 is 5.97 Å². The Labute approximate surface area is 72.0 Å². The first-order valence-corrected chi connectivity index (χ1v) is 4.13. The first kappa shape index (κ1) is 9.10. The van der Waals surface area contributed by atoms with Crippen molar-refractivity contribution in [2.24, 2.45) is 11.8 Å². The second-order valence-corrected chi connectivity index (χ2v) is 3.22. The normalized spacial score (nSPS) is 29.3. The summed E-state index contributed by atoms with van der Waals surface area (Å²) in [5.74, 6) is -0.155. The zero-order valence-electron chi connectivity index (χ0n) is 7.41. The maximum absolute atomic E-state index is 10.7. The minimum atomic E-state index is -0.782. The van der Waals surface area contributed by atoms with Crippen LogP contribution in [0.2, 0.25) is 0 Å². The standard InChI is InChI=1S/C9H14O3/c1-6-3-4-7(9(10)11)8(5-6)12-2/h5-7H,3-4H2,1-2H3,(H,10,11). The molecule has 0 aromatic carbocycles. The number of ether oxygens (including phenoxy) is 1. The fourth-order valence-corrected chi connectivity index (χ4v) is 1.51. The number of hydrogen-bond donors (Lipinski definition) is 1. The fraction of sp³-hybridized carbons (Fsp3) is 0.667. The van der Waals surface area contributed by atoms with E-state index in [0.717, 1.165) is 6.42 Å². The molecular weight excluding hydrogens is 156 g/mol. The molecule has 0 aromatic heterocycles. The highest BCUT2D eigenvalue weighted by Gasteiger charge is 2.27. The molecular formula is C9H14O3. The van der Waals surface area contributed by atoms with Gasteiger partial charge >= 0.3 is 5.97 Å². The SMILES string of the molecule is COC1=CC(C)CCC1C(=O)O. The smallest absolute Gasteiger partial charge is 0.314 e. The lowest BCUT2D eigenvalue weighted by atomic mass is 9.88. The Morgan fingerprint density at radius 3 is 2.83 bits per heavy atom. The van der Waals surface area contributed by atoms with Gasteiger partial charge in [-0.3, -0.25) is 4.79 Å². The largest absolute Gasteiger partial charge is 0.501 e. The molecule has 3 heteroatoms. The monoisotopic (exact) mass is 170 g/mol. The molecule has 0 saturated heterocycles. The van der Waals surface area contributed by atoms with Crippen molar-refractivity contribution in [3.8, 4) is 0 Å². The molecule has 0 saturated carbocycles. The predicted octanol–water partition coefficient (Wildman–Crippen LogP) is 1.65. The molecule has 1 rings (SSSR count). The number of carboxylic acids is 1. The molecule has 0 aliphatic heterocycles. The molecule has 12 heavy (non-hydrogen) atoms. The van der Waals surface area contributed by atoms with E-state index in [9.17, 15) is 4.79 Å². The van der Waals surface area contributed by atoms with Crippen molar-refractivity contribution in [1.82, 2.24) is 0 Å². The number of rotatable bonds is 2. The molecule has 0 aromatic rings. The summed E-state index contributed by atoms with van der Waals surface area (Å²) in [6.07, 6.45) is 3.53. The van der Waals surface area contributed by atoms with E-state index in [4.69, 9.17) is 9.84 Å². The van der Waals surface area contributed by atoms with Crippen LogP contribution < -0.4 is 0 Å². The van der Waals surface area contributed by atoms with Gasteiger partial charge in [0.15, 0.2) is 0 Å². The molecule has 1 aliphatic rings. The Morgan fingerprint density at radius 2 is 2.33 bits per heavy atom. The van der Waals surface area contributed by atoms with E-state index in [0.29, 0.717) is 18.1 Å². The Bertz CT molecular complexity index is 208. The number of hydrogen-bond acceptors (Lipinski definition) is 2. The molecule has 0 fully saturated rings. The molecule has 0 bridgehead atoms. The van der Waals surface area contributed by atoms with Crippen molar-refractivity contribution < 1.29 is 14.6 Å². The van der Waals surface area contributed by atoms with E-state index in [1.807, 2.05) is 6.08 Å². The van der Waals surface area contributed by atoms with Crippen molar-refractivity contribution in [3.05, 3.63) is 11.8 Å². The molecule has 0 heterocycles. The second kappa shape index (κ2) is 3.61. The van der Waals surface area contributed by atoms with Crippen LogP contribution in [0, 0.1) is 11.8 Å². The quantitative estimate of drug-likeness (QED) is 0.685. The van der Waals surface area contributed by atoms with Crippen LogP contribution in [-0.4, -0.2) is 18.2 Å². The third kappa shape index (κ3) is 1.78. The molecule has 0 amide bonds. The average Bonchev–Trinajstić information content (AvgIpc) is 2.03. The highest BCUT2D eigenvalue weighted by Crippen LogP contribution is 2.28. The van der Waals surface area contributed by atoms with Gasteiger partial charge in [0.25, 0.3) is 0 Å². The summed E-state index contributed by atoms with van der Waals surface area (Å²) in [5.41, 5.74) is 0. The molecule has 1 N–H and O–H groups in total. The van der Waals surface area contributed by atoms with Crippen LogP contribution in [0.4, 0.5) is 0 Å². The maximum atomic E-state index is 10.7. The zero-order chi connectivity index (χ0) is 9.14. The molecule has 2 unspecified atom stereocenters. The molecule has 3 nitrogen and oxygen atoms in total. The van der Waals surface area contributed by atoms with E-state index in [1.165, 1.54) is 7.11 Å². The summed E-state index contributed by atoms with van der Waals surface area (Å²) in [4.78, 5) is 10.7. The third-order valence-corrected chi connectivity index (χ3v) is 2.24. The summed E-state index contributed by atoms with van der Waals surface area (Å²) in [6, 6.07) is 0.